The molecule has 0 radical (unpaired) electrons. The fourth-order valence-corrected chi connectivity index (χ4v) is 2.47. The molecule has 4 nitrogen and oxygen atoms in total. The number of hydrogen-bond acceptors (Lipinski definition) is 3. The lowest BCUT2D eigenvalue weighted by molar-refractivity contribution is -0.143. The maximum absolute atomic E-state index is 11.1. The third-order valence-electron chi connectivity index (χ3n) is 3.25. The number of likely N-dealkylation sites (N-methyl/N-ethyl adjacent to an activating group) is 1. The summed E-state index contributed by atoms with van der Waals surface area (Å²) in [7, 11) is 1.91. The van der Waals surface area contributed by atoms with E-state index < -0.39 is 11.9 Å². The van der Waals surface area contributed by atoms with Crippen LogP contribution in [-0.2, 0) is 16.1 Å². The van der Waals surface area contributed by atoms with Gasteiger partial charge >= 0.3 is 5.97 Å². The van der Waals surface area contributed by atoms with Gasteiger partial charge in [0.15, 0.2) is 0 Å². The number of rotatable bonds is 4. The van der Waals surface area contributed by atoms with Crippen LogP contribution in [0, 0.1) is 5.92 Å². The molecule has 0 saturated carbocycles. The number of aliphatic carboxylic acids is 1. The number of halogens is 1. The van der Waals surface area contributed by atoms with Crippen LogP contribution in [0.5, 0.6) is 0 Å². The van der Waals surface area contributed by atoms with Gasteiger partial charge in [-0.1, -0.05) is 23.7 Å². The molecule has 1 fully saturated rings. The van der Waals surface area contributed by atoms with Crippen molar-refractivity contribution in [3.05, 3.63) is 34.9 Å². The molecule has 1 saturated heterocycles. The molecule has 1 aromatic rings. The van der Waals surface area contributed by atoms with E-state index in [2.05, 4.69) is 0 Å². The van der Waals surface area contributed by atoms with Crippen molar-refractivity contribution in [3.8, 4) is 0 Å². The molecular weight excluding hydrogens is 254 g/mol. The molecular formula is C13H16ClNO3. The number of carbonyl (C=O) groups is 1. The fourth-order valence-electron chi connectivity index (χ4n) is 2.25. The summed E-state index contributed by atoms with van der Waals surface area (Å²) in [5.41, 5.74) is 1.07. The van der Waals surface area contributed by atoms with Crippen LogP contribution in [0.2, 0.25) is 5.02 Å². The van der Waals surface area contributed by atoms with Gasteiger partial charge in [0.2, 0.25) is 0 Å². The summed E-state index contributed by atoms with van der Waals surface area (Å²) in [6.45, 7) is 1.42. The molecule has 18 heavy (non-hydrogen) atoms. The minimum atomic E-state index is -0.796. The van der Waals surface area contributed by atoms with Crippen molar-refractivity contribution in [1.82, 2.24) is 4.90 Å². The van der Waals surface area contributed by atoms with E-state index in [-0.39, 0.29) is 6.04 Å². The van der Waals surface area contributed by atoms with Crippen LogP contribution in [0.4, 0.5) is 0 Å². The lowest BCUT2D eigenvalue weighted by Gasteiger charge is -2.26. The fraction of sp³-hybridized carbons (Fsp3) is 0.462. The Balaban J connectivity index is 2.03. The second kappa shape index (κ2) is 5.69. The van der Waals surface area contributed by atoms with Crippen molar-refractivity contribution in [2.75, 3.05) is 20.3 Å². The van der Waals surface area contributed by atoms with Gasteiger partial charge in [0.05, 0.1) is 19.1 Å². The number of carboxylic acids is 1. The van der Waals surface area contributed by atoms with Crippen LogP contribution in [0.3, 0.4) is 0 Å². The van der Waals surface area contributed by atoms with Gasteiger partial charge in [0.1, 0.15) is 0 Å². The van der Waals surface area contributed by atoms with E-state index in [1.54, 1.807) is 0 Å². The molecule has 2 rings (SSSR count). The van der Waals surface area contributed by atoms with Gasteiger partial charge in [0, 0.05) is 17.6 Å². The first-order valence-electron chi connectivity index (χ1n) is 5.83. The normalized spacial score (nSPS) is 23.5. The van der Waals surface area contributed by atoms with E-state index in [9.17, 15) is 4.79 Å². The molecule has 98 valence electrons. The van der Waals surface area contributed by atoms with Crippen LogP contribution in [0.15, 0.2) is 24.3 Å². The quantitative estimate of drug-likeness (QED) is 0.907. The van der Waals surface area contributed by atoms with E-state index in [1.165, 1.54) is 0 Å². The Bertz CT molecular complexity index is 438. The number of benzene rings is 1. The van der Waals surface area contributed by atoms with Gasteiger partial charge < -0.3 is 9.84 Å². The zero-order valence-electron chi connectivity index (χ0n) is 10.2. The third-order valence-corrected chi connectivity index (χ3v) is 3.49. The Morgan fingerprint density at radius 1 is 1.56 bits per heavy atom. The second-order valence-electron chi connectivity index (χ2n) is 4.59. The lowest BCUT2D eigenvalue weighted by Crippen LogP contribution is -2.40. The predicted octanol–water partition coefficient (Wildman–Crippen LogP) is 1.87. The van der Waals surface area contributed by atoms with Crippen LogP contribution in [0.25, 0.3) is 0 Å². The van der Waals surface area contributed by atoms with Gasteiger partial charge in [-0.05, 0) is 24.7 Å². The molecule has 1 N–H and O–H groups in total. The smallest absolute Gasteiger partial charge is 0.310 e. The molecule has 2 unspecified atom stereocenters. The Kier molecular flexibility index (Phi) is 4.22. The average Bonchev–Trinajstić information content (AvgIpc) is 2.77. The Labute approximate surface area is 111 Å². The monoisotopic (exact) mass is 269 g/mol. The molecule has 0 amide bonds. The first-order chi connectivity index (χ1) is 8.58. The Morgan fingerprint density at radius 3 is 3.00 bits per heavy atom. The van der Waals surface area contributed by atoms with Crippen LogP contribution >= 0.6 is 11.6 Å². The average molecular weight is 270 g/mol. The summed E-state index contributed by atoms with van der Waals surface area (Å²) in [5, 5.41) is 9.81. The molecule has 5 heteroatoms. The highest BCUT2D eigenvalue weighted by molar-refractivity contribution is 6.30. The Morgan fingerprint density at radius 2 is 2.33 bits per heavy atom. The highest BCUT2D eigenvalue weighted by atomic mass is 35.5. The van der Waals surface area contributed by atoms with Crippen molar-refractivity contribution in [2.45, 2.75) is 12.6 Å². The van der Waals surface area contributed by atoms with Crippen molar-refractivity contribution in [3.63, 3.8) is 0 Å². The first kappa shape index (κ1) is 13.3. The second-order valence-corrected chi connectivity index (χ2v) is 5.03. The molecule has 1 aliphatic rings. The molecule has 2 atom stereocenters. The van der Waals surface area contributed by atoms with E-state index in [1.807, 2.05) is 36.2 Å². The van der Waals surface area contributed by atoms with E-state index in [0.717, 1.165) is 5.56 Å². The van der Waals surface area contributed by atoms with Crippen LogP contribution in [-0.4, -0.2) is 42.3 Å². The lowest BCUT2D eigenvalue weighted by atomic mass is 10.0. The van der Waals surface area contributed by atoms with Crippen molar-refractivity contribution >= 4 is 17.6 Å². The van der Waals surface area contributed by atoms with Crippen molar-refractivity contribution < 1.29 is 14.6 Å². The molecule has 1 heterocycles. The number of hydrogen-bond donors (Lipinski definition) is 1. The van der Waals surface area contributed by atoms with Crippen molar-refractivity contribution in [2.24, 2.45) is 5.92 Å². The number of ether oxygens (including phenoxy) is 1. The predicted molar refractivity (Wildman–Crippen MR) is 68.7 cm³/mol. The van der Waals surface area contributed by atoms with Crippen LogP contribution < -0.4 is 0 Å². The summed E-state index contributed by atoms with van der Waals surface area (Å²) in [5.74, 6) is -1.25. The van der Waals surface area contributed by atoms with E-state index in [0.29, 0.717) is 24.8 Å². The zero-order chi connectivity index (χ0) is 13.1. The Hall–Kier alpha value is -1.10. The minimum absolute atomic E-state index is 0.0820. The highest BCUT2D eigenvalue weighted by Crippen LogP contribution is 2.21. The largest absolute Gasteiger partial charge is 0.481 e. The van der Waals surface area contributed by atoms with Gasteiger partial charge in [-0.3, -0.25) is 9.69 Å². The summed E-state index contributed by atoms with van der Waals surface area (Å²) in [4.78, 5) is 13.1. The first-order valence-corrected chi connectivity index (χ1v) is 6.21. The van der Waals surface area contributed by atoms with E-state index >= 15 is 0 Å². The zero-order valence-corrected chi connectivity index (χ0v) is 10.9. The topological polar surface area (TPSA) is 49.8 Å². The summed E-state index contributed by atoms with van der Waals surface area (Å²) < 4.78 is 5.27. The summed E-state index contributed by atoms with van der Waals surface area (Å²) in [6, 6.07) is 7.51. The SMILES string of the molecule is CN(Cc1cccc(Cl)c1)C1COCC1C(=O)O. The maximum atomic E-state index is 11.1. The maximum Gasteiger partial charge on any atom is 0.310 e. The molecule has 0 bridgehead atoms. The van der Waals surface area contributed by atoms with Crippen molar-refractivity contribution in [1.29, 1.82) is 0 Å². The van der Waals surface area contributed by atoms with Crippen LogP contribution in [0.1, 0.15) is 5.56 Å². The standard InChI is InChI=1S/C13H16ClNO3/c1-15(6-9-3-2-4-10(14)5-9)12-8-18-7-11(12)13(16)17/h2-5,11-12H,6-8H2,1H3,(H,16,17). The van der Waals surface area contributed by atoms with Gasteiger partial charge in [-0.2, -0.15) is 0 Å². The third kappa shape index (κ3) is 3.02. The molecule has 0 aliphatic carbocycles. The summed E-state index contributed by atoms with van der Waals surface area (Å²) in [6.07, 6.45) is 0. The van der Waals surface area contributed by atoms with Gasteiger partial charge in [0.25, 0.3) is 0 Å². The molecule has 1 aliphatic heterocycles. The van der Waals surface area contributed by atoms with Gasteiger partial charge in [-0.25, -0.2) is 0 Å². The number of nitrogens with zero attached hydrogens (tertiary/aromatic N) is 1. The molecule has 0 spiro atoms. The van der Waals surface area contributed by atoms with Gasteiger partial charge in [-0.15, -0.1) is 0 Å². The minimum Gasteiger partial charge on any atom is -0.481 e. The number of carboxylic acid groups (broad SMARTS) is 1. The molecule has 1 aromatic carbocycles. The highest BCUT2D eigenvalue weighted by Gasteiger charge is 2.36. The van der Waals surface area contributed by atoms with E-state index in [4.69, 9.17) is 21.4 Å². The molecule has 0 aromatic heterocycles. The summed E-state index contributed by atoms with van der Waals surface area (Å²) >= 11 is 5.93.